The maximum atomic E-state index is 11.8. The molecule has 1 heterocycles. The van der Waals surface area contributed by atoms with E-state index in [2.05, 4.69) is 0 Å². The van der Waals surface area contributed by atoms with Crippen molar-refractivity contribution in [3.8, 4) is 0 Å². The van der Waals surface area contributed by atoms with Crippen LogP contribution in [0.1, 0.15) is 24.8 Å². The molecule has 0 spiro atoms. The van der Waals surface area contributed by atoms with Crippen molar-refractivity contribution in [2.24, 2.45) is 5.73 Å². The number of hydrogen-bond acceptors (Lipinski definition) is 3. The first kappa shape index (κ1) is 14.5. The van der Waals surface area contributed by atoms with Crippen LogP contribution < -0.4 is 5.73 Å². The molecule has 1 aliphatic rings. The summed E-state index contributed by atoms with van der Waals surface area (Å²) in [6, 6.07) is 9.29. The Hall–Kier alpha value is -1.88. The molecule has 108 valence electrons. The van der Waals surface area contributed by atoms with E-state index in [1.807, 2.05) is 30.3 Å². The molecule has 0 aromatic heterocycles. The van der Waals surface area contributed by atoms with E-state index in [4.69, 9.17) is 5.73 Å². The zero-order valence-electron chi connectivity index (χ0n) is 11.4. The van der Waals surface area contributed by atoms with Gasteiger partial charge in [0.2, 0.25) is 5.91 Å². The van der Waals surface area contributed by atoms with Crippen molar-refractivity contribution in [3.63, 3.8) is 0 Å². The third kappa shape index (κ3) is 2.67. The van der Waals surface area contributed by atoms with Gasteiger partial charge in [-0.3, -0.25) is 9.59 Å². The highest BCUT2D eigenvalue weighted by atomic mass is 16.4. The number of carboxylic acid groups (broad SMARTS) is 1. The Bertz CT molecular complexity index is 479. The fraction of sp³-hybridized carbons (Fsp3) is 0.467. The lowest BCUT2D eigenvalue weighted by Crippen LogP contribution is -2.49. The summed E-state index contributed by atoms with van der Waals surface area (Å²) in [6.45, 7) is 1.28. The van der Waals surface area contributed by atoms with E-state index < -0.39 is 11.4 Å². The molecule has 0 unspecified atom stereocenters. The Kier molecular flexibility index (Phi) is 4.39. The summed E-state index contributed by atoms with van der Waals surface area (Å²) >= 11 is 0. The number of hydrogen-bond donors (Lipinski definition) is 2. The molecule has 0 radical (unpaired) electrons. The molecule has 1 aromatic carbocycles. The minimum absolute atomic E-state index is 0.0135. The van der Waals surface area contributed by atoms with Crippen molar-refractivity contribution in [1.29, 1.82) is 0 Å². The number of nitrogens with zero attached hydrogens (tertiary/aromatic N) is 1. The van der Waals surface area contributed by atoms with Crippen LogP contribution in [0.5, 0.6) is 0 Å². The molecule has 1 aromatic rings. The number of carboxylic acids is 1. The summed E-state index contributed by atoms with van der Waals surface area (Å²) in [7, 11) is 0. The number of likely N-dealkylation sites (tertiary alicyclic amines) is 1. The van der Waals surface area contributed by atoms with Gasteiger partial charge in [0.25, 0.3) is 0 Å². The molecular weight excluding hydrogens is 256 g/mol. The van der Waals surface area contributed by atoms with Gasteiger partial charge in [-0.05, 0) is 18.4 Å². The Labute approximate surface area is 118 Å². The first-order chi connectivity index (χ1) is 9.60. The van der Waals surface area contributed by atoms with Crippen molar-refractivity contribution < 1.29 is 14.7 Å². The number of aliphatic carboxylic acids is 1. The smallest absolute Gasteiger partial charge is 0.314 e. The summed E-state index contributed by atoms with van der Waals surface area (Å²) in [6.07, 6.45) is 1.22. The fourth-order valence-corrected chi connectivity index (χ4v) is 2.80. The molecular formula is C15H20N2O3. The summed E-state index contributed by atoms with van der Waals surface area (Å²) in [5.74, 6) is -0.797. The molecule has 5 nitrogen and oxygen atoms in total. The molecule has 0 bridgehead atoms. The predicted molar refractivity (Wildman–Crippen MR) is 75.2 cm³/mol. The molecule has 0 atom stereocenters. The van der Waals surface area contributed by atoms with Gasteiger partial charge in [-0.15, -0.1) is 0 Å². The first-order valence-corrected chi connectivity index (χ1v) is 6.87. The molecule has 1 saturated heterocycles. The zero-order valence-corrected chi connectivity index (χ0v) is 11.4. The van der Waals surface area contributed by atoms with Crippen LogP contribution in [0.3, 0.4) is 0 Å². The molecule has 1 fully saturated rings. The van der Waals surface area contributed by atoms with Gasteiger partial charge in [0.05, 0.1) is 5.41 Å². The van der Waals surface area contributed by atoms with Crippen LogP contribution in [-0.4, -0.2) is 41.5 Å². The molecule has 3 N–H and O–H groups in total. The van der Waals surface area contributed by atoms with Gasteiger partial charge in [0.15, 0.2) is 0 Å². The van der Waals surface area contributed by atoms with Crippen LogP contribution >= 0.6 is 0 Å². The average molecular weight is 276 g/mol. The highest BCUT2D eigenvalue weighted by molar-refractivity contribution is 5.82. The van der Waals surface area contributed by atoms with E-state index in [9.17, 15) is 14.7 Å². The molecule has 1 aliphatic heterocycles. The Morgan fingerprint density at radius 2 is 1.80 bits per heavy atom. The van der Waals surface area contributed by atoms with Crippen LogP contribution in [0, 0.1) is 0 Å². The highest BCUT2D eigenvalue weighted by Crippen LogP contribution is 2.35. The second-order valence-electron chi connectivity index (χ2n) is 5.17. The number of carbonyl (C=O) groups is 2. The van der Waals surface area contributed by atoms with Crippen LogP contribution in [-0.2, 0) is 15.0 Å². The van der Waals surface area contributed by atoms with Gasteiger partial charge in [0.1, 0.15) is 0 Å². The molecule has 0 saturated carbocycles. The van der Waals surface area contributed by atoms with E-state index in [1.54, 1.807) is 4.90 Å². The lowest BCUT2D eigenvalue weighted by atomic mass is 9.73. The third-order valence-corrected chi connectivity index (χ3v) is 4.06. The number of amides is 1. The zero-order chi connectivity index (χ0) is 14.6. The summed E-state index contributed by atoms with van der Waals surface area (Å²) in [5.41, 5.74) is 5.33. The molecule has 2 rings (SSSR count). The second-order valence-corrected chi connectivity index (χ2v) is 5.17. The molecule has 0 aliphatic carbocycles. The quantitative estimate of drug-likeness (QED) is 0.858. The van der Waals surface area contributed by atoms with Crippen LogP contribution in [0.2, 0.25) is 0 Å². The topological polar surface area (TPSA) is 83.6 Å². The fourth-order valence-electron chi connectivity index (χ4n) is 2.80. The van der Waals surface area contributed by atoms with Crippen LogP contribution in [0.15, 0.2) is 30.3 Å². The molecule has 20 heavy (non-hydrogen) atoms. The van der Waals surface area contributed by atoms with Gasteiger partial charge in [0, 0.05) is 26.1 Å². The maximum Gasteiger partial charge on any atom is 0.314 e. The van der Waals surface area contributed by atoms with Crippen LogP contribution in [0.4, 0.5) is 0 Å². The van der Waals surface area contributed by atoms with E-state index in [0.717, 1.165) is 5.56 Å². The summed E-state index contributed by atoms with van der Waals surface area (Å²) < 4.78 is 0. The lowest BCUT2D eigenvalue weighted by Gasteiger charge is -2.39. The standard InChI is InChI=1S/C15H20N2O3/c16-9-6-13(18)17-10-7-15(8-11-17,14(19)20)12-4-2-1-3-5-12/h1-5H,6-11,16H2,(H,19,20). The van der Waals surface area contributed by atoms with E-state index in [-0.39, 0.29) is 5.91 Å². The monoisotopic (exact) mass is 276 g/mol. The lowest BCUT2D eigenvalue weighted by molar-refractivity contribution is -0.148. The molecule has 1 amide bonds. The number of piperidine rings is 1. The van der Waals surface area contributed by atoms with Crippen molar-refractivity contribution in [1.82, 2.24) is 4.90 Å². The maximum absolute atomic E-state index is 11.8. The van der Waals surface area contributed by atoms with Gasteiger partial charge >= 0.3 is 5.97 Å². The number of carbonyl (C=O) groups excluding carboxylic acids is 1. The second kappa shape index (κ2) is 6.05. The first-order valence-electron chi connectivity index (χ1n) is 6.87. The van der Waals surface area contributed by atoms with Gasteiger partial charge in [-0.1, -0.05) is 30.3 Å². The number of nitrogens with two attached hydrogens (primary N) is 1. The minimum atomic E-state index is -0.874. The number of rotatable bonds is 4. The Morgan fingerprint density at radius 1 is 1.20 bits per heavy atom. The van der Waals surface area contributed by atoms with E-state index in [1.165, 1.54) is 0 Å². The van der Waals surface area contributed by atoms with E-state index >= 15 is 0 Å². The normalized spacial score (nSPS) is 17.8. The predicted octanol–water partition coefficient (Wildman–Crippen LogP) is 0.980. The number of benzene rings is 1. The molecule has 5 heteroatoms. The third-order valence-electron chi connectivity index (χ3n) is 4.06. The Morgan fingerprint density at radius 3 is 2.30 bits per heavy atom. The average Bonchev–Trinajstić information content (AvgIpc) is 2.48. The van der Waals surface area contributed by atoms with Crippen molar-refractivity contribution >= 4 is 11.9 Å². The minimum Gasteiger partial charge on any atom is -0.481 e. The van der Waals surface area contributed by atoms with Gasteiger partial charge < -0.3 is 15.7 Å². The summed E-state index contributed by atoms with van der Waals surface area (Å²) in [4.78, 5) is 25.3. The summed E-state index contributed by atoms with van der Waals surface area (Å²) in [5, 5.41) is 9.65. The van der Waals surface area contributed by atoms with Crippen molar-refractivity contribution in [2.75, 3.05) is 19.6 Å². The van der Waals surface area contributed by atoms with Crippen molar-refractivity contribution in [2.45, 2.75) is 24.7 Å². The van der Waals surface area contributed by atoms with E-state index in [0.29, 0.717) is 38.9 Å². The highest BCUT2D eigenvalue weighted by Gasteiger charge is 2.43. The van der Waals surface area contributed by atoms with Crippen LogP contribution in [0.25, 0.3) is 0 Å². The SMILES string of the molecule is NCCC(=O)N1CCC(C(=O)O)(c2ccccc2)CC1. The van der Waals surface area contributed by atoms with Gasteiger partial charge in [-0.25, -0.2) is 0 Å². The van der Waals surface area contributed by atoms with Gasteiger partial charge in [-0.2, -0.15) is 0 Å². The largest absolute Gasteiger partial charge is 0.481 e. The Balaban J connectivity index is 2.15. The van der Waals surface area contributed by atoms with Crippen molar-refractivity contribution in [3.05, 3.63) is 35.9 Å².